The second kappa shape index (κ2) is 4.74. The van der Waals surface area contributed by atoms with Crippen LogP contribution in [-0.2, 0) is 4.79 Å². The molecule has 0 spiro atoms. The summed E-state index contributed by atoms with van der Waals surface area (Å²) < 4.78 is 1.95. The number of carbonyl (C=O) groups is 1. The van der Waals surface area contributed by atoms with Crippen molar-refractivity contribution >= 4 is 34.7 Å². The first-order valence-electron chi connectivity index (χ1n) is 5.72. The minimum Gasteiger partial charge on any atom is -0.327 e. The number of rotatable bonds is 3. The van der Waals surface area contributed by atoms with Crippen molar-refractivity contribution in [1.29, 1.82) is 0 Å². The van der Waals surface area contributed by atoms with Gasteiger partial charge in [-0.05, 0) is 30.3 Å². The van der Waals surface area contributed by atoms with E-state index in [-0.39, 0.29) is 0 Å². The third-order valence-electron chi connectivity index (χ3n) is 2.90. The highest BCUT2D eigenvalue weighted by atomic mass is 35.5. The zero-order valence-electron chi connectivity index (χ0n) is 9.88. The van der Waals surface area contributed by atoms with E-state index in [0.717, 1.165) is 16.7 Å². The van der Waals surface area contributed by atoms with Crippen molar-refractivity contribution in [3.05, 3.63) is 53.8 Å². The van der Waals surface area contributed by atoms with Crippen molar-refractivity contribution in [2.45, 2.75) is 0 Å². The van der Waals surface area contributed by atoms with E-state index in [2.05, 4.69) is 10.3 Å². The van der Waals surface area contributed by atoms with Gasteiger partial charge in [-0.25, -0.2) is 4.98 Å². The molecule has 0 saturated carbocycles. The molecule has 0 aliphatic rings. The molecule has 0 fully saturated rings. The SMILES string of the molecule is O=CNc1ccc(-n2cnc3ccccc32)cc1Cl. The molecule has 0 unspecified atom stereocenters. The van der Waals surface area contributed by atoms with Gasteiger partial charge in [0.25, 0.3) is 0 Å². The Morgan fingerprint density at radius 1 is 1.21 bits per heavy atom. The molecule has 0 radical (unpaired) electrons. The Morgan fingerprint density at radius 3 is 2.84 bits per heavy atom. The van der Waals surface area contributed by atoms with Crippen LogP contribution in [0.1, 0.15) is 0 Å². The molecule has 0 saturated heterocycles. The van der Waals surface area contributed by atoms with Gasteiger partial charge in [-0.3, -0.25) is 9.36 Å². The van der Waals surface area contributed by atoms with E-state index in [4.69, 9.17) is 11.6 Å². The normalized spacial score (nSPS) is 10.6. The molecule has 19 heavy (non-hydrogen) atoms. The smallest absolute Gasteiger partial charge is 0.211 e. The van der Waals surface area contributed by atoms with E-state index in [0.29, 0.717) is 17.1 Å². The fourth-order valence-electron chi connectivity index (χ4n) is 2.00. The number of anilines is 1. The van der Waals surface area contributed by atoms with E-state index in [1.165, 1.54) is 0 Å². The molecular formula is C14H10ClN3O. The van der Waals surface area contributed by atoms with Gasteiger partial charge in [-0.15, -0.1) is 0 Å². The number of aromatic nitrogens is 2. The predicted molar refractivity (Wildman–Crippen MR) is 75.8 cm³/mol. The Hall–Kier alpha value is -2.33. The molecular weight excluding hydrogens is 262 g/mol. The molecule has 1 N–H and O–H groups in total. The lowest BCUT2D eigenvalue weighted by molar-refractivity contribution is -0.105. The number of nitrogens with one attached hydrogen (secondary N) is 1. The van der Waals surface area contributed by atoms with Gasteiger partial charge >= 0.3 is 0 Å². The van der Waals surface area contributed by atoms with E-state index >= 15 is 0 Å². The van der Waals surface area contributed by atoms with Crippen molar-refractivity contribution in [3.63, 3.8) is 0 Å². The summed E-state index contributed by atoms with van der Waals surface area (Å²) in [6.45, 7) is 0. The number of halogens is 1. The number of imidazole rings is 1. The number of hydrogen-bond donors (Lipinski definition) is 1. The van der Waals surface area contributed by atoms with Gasteiger partial charge < -0.3 is 5.32 Å². The van der Waals surface area contributed by atoms with Gasteiger partial charge in [0.1, 0.15) is 6.33 Å². The van der Waals surface area contributed by atoms with E-state index in [9.17, 15) is 4.79 Å². The third-order valence-corrected chi connectivity index (χ3v) is 3.21. The van der Waals surface area contributed by atoms with Crippen LogP contribution in [0.5, 0.6) is 0 Å². The van der Waals surface area contributed by atoms with Crippen LogP contribution in [0.4, 0.5) is 5.69 Å². The Balaban J connectivity index is 2.11. The minimum absolute atomic E-state index is 0.488. The fraction of sp³-hybridized carbons (Fsp3) is 0. The quantitative estimate of drug-likeness (QED) is 0.744. The molecule has 0 aliphatic heterocycles. The Labute approximate surface area is 114 Å². The van der Waals surface area contributed by atoms with Crippen LogP contribution in [0.25, 0.3) is 16.7 Å². The Bertz CT molecular complexity index is 751. The minimum atomic E-state index is 0.488. The zero-order chi connectivity index (χ0) is 13.2. The Kier molecular flexibility index (Phi) is 2.93. The lowest BCUT2D eigenvalue weighted by atomic mass is 10.2. The highest BCUT2D eigenvalue weighted by Crippen LogP contribution is 2.26. The number of nitrogens with zero attached hydrogens (tertiary/aromatic N) is 2. The monoisotopic (exact) mass is 271 g/mol. The highest BCUT2D eigenvalue weighted by Gasteiger charge is 2.06. The van der Waals surface area contributed by atoms with Crippen LogP contribution in [0.15, 0.2) is 48.8 Å². The molecule has 3 aromatic rings. The molecule has 3 rings (SSSR count). The topological polar surface area (TPSA) is 46.9 Å². The van der Waals surface area contributed by atoms with E-state index in [1.54, 1.807) is 18.5 Å². The molecule has 1 amide bonds. The summed E-state index contributed by atoms with van der Waals surface area (Å²) in [5, 5.41) is 3.04. The summed E-state index contributed by atoms with van der Waals surface area (Å²) in [4.78, 5) is 14.8. The number of carbonyl (C=O) groups excluding carboxylic acids is 1. The molecule has 5 heteroatoms. The van der Waals surface area contributed by atoms with Crippen molar-refractivity contribution in [3.8, 4) is 5.69 Å². The molecule has 4 nitrogen and oxygen atoms in total. The van der Waals surface area contributed by atoms with Crippen molar-refractivity contribution < 1.29 is 4.79 Å². The molecule has 94 valence electrons. The van der Waals surface area contributed by atoms with Crippen LogP contribution in [-0.4, -0.2) is 16.0 Å². The number of fused-ring (bicyclic) bond motifs is 1. The molecule has 0 atom stereocenters. The lowest BCUT2D eigenvalue weighted by Gasteiger charge is -2.07. The van der Waals surface area contributed by atoms with Gasteiger partial charge in [0.15, 0.2) is 0 Å². The summed E-state index contributed by atoms with van der Waals surface area (Å²) in [6.07, 6.45) is 2.36. The standard InChI is InChI=1S/C14H10ClN3O/c15-11-7-10(5-6-12(11)17-9-19)18-8-16-13-3-1-2-4-14(13)18/h1-9H,(H,17,19). The molecule has 0 bridgehead atoms. The predicted octanol–water partition coefficient (Wildman–Crippen LogP) is 3.25. The van der Waals surface area contributed by atoms with Gasteiger partial charge in [0.05, 0.1) is 21.7 Å². The second-order valence-electron chi connectivity index (χ2n) is 4.03. The van der Waals surface area contributed by atoms with Gasteiger partial charge in [0, 0.05) is 5.69 Å². The number of hydrogen-bond acceptors (Lipinski definition) is 2. The summed E-state index contributed by atoms with van der Waals surface area (Å²) in [6, 6.07) is 13.3. The van der Waals surface area contributed by atoms with E-state index in [1.807, 2.05) is 34.9 Å². The summed E-state index contributed by atoms with van der Waals surface area (Å²) >= 11 is 6.12. The van der Waals surface area contributed by atoms with Crippen molar-refractivity contribution in [2.24, 2.45) is 0 Å². The maximum absolute atomic E-state index is 10.4. The maximum atomic E-state index is 10.4. The number of benzene rings is 2. The van der Waals surface area contributed by atoms with Gasteiger partial charge in [-0.2, -0.15) is 0 Å². The second-order valence-corrected chi connectivity index (χ2v) is 4.44. The Morgan fingerprint density at radius 2 is 2.05 bits per heavy atom. The summed E-state index contributed by atoms with van der Waals surface area (Å²) in [5.74, 6) is 0. The summed E-state index contributed by atoms with van der Waals surface area (Å²) in [5.41, 5.74) is 3.42. The largest absolute Gasteiger partial charge is 0.327 e. The van der Waals surface area contributed by atoms with E-state index < -0.39 is 0 Å². The van der Waals surface area contributed by atoms with Gasteiger partial charge in [0.2, 0.25) is 6.41 Å². The van der Waals surface area contributed by atoms with Crippen LogP contribution in [0, 0.1) is 0 Å². The fourth-order valence-corrected chi connectivity index (χ4v) is 2.23. The summed E-state index contributed by atoms with van der Waals surface area (Å²) in [7, 11) is 0. The third kappa shape index (κ3) is 2.06. The number of para-hydroxylation sites is 2. The average Bonchev–Trinajstić information content (AvgIpc) is 2.85. The zero-order valence-corrected chi connectivity index (χ0v) is 10.6. The average molecular weight is 272 g/mol. The van der Waals surface area contributed by atoms with Crippen LogP contribution in [0.3, 0.4) is 0 Å². The highest BCUT2D eigenvalue weighted by molar-refractivity contribution is 6.33. The van der Waals surface area contributed by atoms with Gasteiger partial charge in [-0.1, -0.05) is 23.7 Å². The molecule has 1 aromatic heterocycles. The molecule has 2 aromatic carbocycles. The lowest BCUT2D eigenvalue weighted by Crippen LogP contribution is -1.97. The first-order chi connectivity index (χ1) is 9.29. The number of amides is 1. The molecule has 1 heterocycles. The first kappa shape index (κ1) is 11.7. The van der Waals surface area contributed by atoms with Crippen molar-refractivity contribution in [1.82, 2.24) is 9.55 Å². The van der Waals surface area contributed by atoms with Crippen LogP contribution < -0.4 is 5.32 Å². The maximum Gasteiger partial charge on any atom is 0.211 e. The van der Waals surface area contributed by atoms with Crippen molar-refractivity contribution in [2.75, 3.05) is 5.32 Å². The van der Waals surface area contributed by atoms with Crippen LogP contribution in [0.2, 0.25) is 5.02 Å². The van der Waals surface area contributed by atoms with Crippen LogP contribution >= 0.6 is 11.6 Å². The molecule has 0 aliphatic carbocycles. The first-order valence-corrected chi connectivity index (χ1v) is 6.09.